The van der Waals surface area contributed by atoms with Crippen molar-refractivity contribution in [2.24, 2.45) is 0 Å². The van der Waals surface area contributed by atoms with Gasteiger partial charge in [-0.2, -0.15) is 0 Å². The Morgan fingerprint density at radius 3 is 2.36 bits per heavy atom. The van der Waals surface area contributed by atoms with Crippen LogP contribution in [0.25, 0.3) is 0 Å². The minimum atomic E-state index is -0.414. The summed E-state index contributed by atoms with van der Waals surface area (Å²) in [5.74, 6) is -0.797. The Bertz CT molecular complexity index is 351. The van der Waals surface area contributed by atoms with Crippen LogP contribution in [-0.4, -0.2) is 22.2 Å². The predicted molar refractivity (Wildman–Crippen MR) is 50.3 cm³/mol. The highest BCUT2D eigenvalue weighted by molar-refractivity contribution is 5.99. The first kappa shape index (κ1) is 8.87. The van der Waals surface area contributed by atoms with Crippen LogP contribution in [0.15, 0.2) is 18.2 Å². The Morgan fingerprint density at radius 2 is 1.86 bits per heavy atom. The minimum Gasteiger partial charge on any atom is -0.507 e. The van der Waals surface area contributed by atoms with Crippen LogP contribution >= 0.6 is 0 Å². The van der Waals surface area contributed by atoms with Gasteiger partial charge in [-0.05, 0) is 25.0 Å². The fourth-order valence-corrected chi connectivity index (χ4v) is 1.25. The highest BCUT2D eigenvalue weighted by Gasteiger charge is 2.26. The van der Waals surface area contributed by atoms with Gasteiger partial charge in [0.1, 0.15) is 17.1 Å². The number of phenolic OH excluding ortho intramolecular Hbond substituents is 2. The topological polar surface area (TPSA) is 69.6 Å². The highest BCUT2D eigenvalue weighted by Crippen LogP contribution is 2.27. The fraction of sp³-hybridized carbons (Fsp3) is 0.300. The lowest BCUT2D eigenvalue weighted by Crippen LogP contribution is -2.25. The van der Waals surface area contributed by atoms with Crippen molar-refractivity contribution in [1.82, 2.24) is 5.32 Å². The van der Waals surface area contributed by atoms with Crippen LogP contribution in [0.5, 0.6) is 11.5 Å². The second kappa shape index (κ2) is 3.21. The summed E-state index contributed by atoms with van der Waals surface area (Å²) in [5, 5.41) is 21.4. The smallest absolute Gasteiger partial charge is 0.259 e. The minimum absolute atomic E-state index is 0.0422. The number of hydrogen-bond acceptors (Lipinski definition) is 3. The molecule has 2 rings (SSSR count). The molecular weight excluding hydrogens is 182 g/mol. The maximum absolute atomic E-state index is 11.5. The van der Waals surface area contributed by atoms with Gasteiger partial charge in [-0.25, -0.2) is 0 Å². The number of carbonyl (C=O) groups excluding carboxylic acids is 1. The molecule has 0 saturated heterocycles. The van der Waals surface area contributed by atoms with E-state index in [0.717, 1.165) is 12.8 Å². The number of rotatable bonds is 2. The normalized spacial score (nSPS) is 15.1. The number of nitrogens with one attached hydrogen (secondary N) is 1. The fourth-order valence-electron chi connectivity index (χ4n) is 1.25. The molecule has 4 nitrogen and oxygen atoms in total. The van der Waals surface area contributed by atoms with Gasteiger partial charge in [-0.15, -0.1) is 0 Å². The number of aromatic hydroxyl groups is 2. The molecule has 0 atom stereocenters. The molecule has 1 fully saturated rings. The summed E-state index contributed by atoms with van der Waals surface area (Å²) < 4.78 is 0. The van der Waals surface area contributed by atoms with Gasteiger partial charge in [-0.3, -0.25) is 4.79 Å². The number of amides is 1. The van der Waals surface area contributed by atoms with E-state index < -0.39 is 5.91 Å². The monoisotopic (exact) mass is 193 g/mol. The Kier molecular flexibility index (Phi) is 2.04. The number of carbonyl (C=O) groups is 1. The first-order valence-corrected chi connectivity index (χ1v) is 4.50. The van der Waals surface area contributed by atoms with Crippen molar-refractivity contribution in [3.63, 3.8) is 0 Å². The van der Waals surface area contributed by atoms with Crippen molar-refractivity contribution >= 4 is 5.91 Å². The number of benzene rings is 1. The summed E-state index contributed by atoms with van der Waals surface area (Å²) in [6.45, 7) is 0. The highest BCUT2D eigenvalue weighted by atomic mass is 16.3. The van der Waals surface area contributed by atoms with Gasteiger partial charge < -0.3 is 15.5 Å². The van der Waals surface area contributed by atoms with Gasteiger partial charge in [0.2, 0.25) is 0 Å². The molecule has 14 heavy (non-hydrogen) atoms. The summed E-state index contributed by atoms with van der Waals surface area (Å²) in [6.07, 6.45) is 1.94. The molecule has 0 radical (unpaired) electrons. The van der Waals surface area contributed by atoms with E-state index in [4.69, 9.17) is 0 Å². The van der Waals surface area contributed by atoms with Gasteiger partial charge in [0, 0.05) is 6.04 Å². The molecule has 74 valence electrons. The second-order valence-electron chi connectivity index (χ2n) is 3.42. The van der Waals surface area contributed by atoms with Crippen LogP contribution in [-0.2, 0) is 0 Å². The molecule has 1 aliphatic rings. The SMILES string of the molecule is O=C(NC1CC1)c1c(O)cccc1O. The molecule has 0 unspecified atom stereocenters. The second-order valence-corrected chi connectivity index (χ2v) is 3.42. The molecule has 3 N–H and O–H groups in total. The molecule has 1 amide bonds. The molecule has 0 spiro atoms. The van der Waals surface area contributed by atoms with E-state index in [1.165, 1.54) is 18.2 Å². The van der Waals surface area contributed by atoms with E-state index in [1.54, 1.807) is 0 Å². The van der Waals surface area contributed by atoms with Crippen molar-refractivity contribution in [1.29, 1.82) is 0 Å². The Labute approximate surface area is 81.2 Å². The Hall–Kier alpha value is -1.71. The molecule has 1 aromatic rings. The average molecular weight is 193 g/mol. The molecule has 0 aliphatic heterocycles. The standard InChI is InChI=1S/C10H11NO3/c12-7-2-1-3-8(13)9(7)10(14)11-6-4-5-6/h1-3,6,12-13H,4-5H2,(H,11,14). The third-order valence-electron chi connectivity index (χ3n) is 2.16. The van der Waals surface area contributed by atoms with E-state index >= 15 is 0 Å². The van der Waals surface area contributed by atoms with Gasteiger partial charge in [-0.1, -0.05) is 6.07 Å². The first-order chi connectivity index (χ1) is 6.68. The van der Waals surface area contributed by atoms with Crippen LogP contribution in [0.1, 0.15) is 23.2 Å². The van der Waals surface area contributed by atoms with Gasteiger partial charge in [0.25, 0.3) is 5.91 Å². The van der Waals surface area contributed by atoms with Gasteiger partial charge >= 0.3 is 0 Å². The number of hydrogen-bond donors (Lipinski definition) is 3. The molecule has 1 aliphatic carbocycles. The molecule has 0 aromatic heterocycles. The van der Waals surface area contributed by atoms with E-state index in [-0.39, 0.29) is 23.1 Å². The van der Waals surface area contributed by atoms with Crippen molar-refractivity contribution in [3.8, 4) is 11.5 Å². The Morgan fingerprint density at radius 1 is 1.29 bits per heavy atom. The lowest BCUT2D eigenvalue weighted by atomic mass is 10.1. The van der Waals surface area contributed by atoms with Crippen molar-refractivity contribution < 1.29 is 15.0 Å². The lowest BCUT2D eigenvalue weighted by Gasteiger charge is -2.06. The Balaban J connectivity index is 2.24. The van der Waals surface area contributed by atoms with Crippen LogP contribution < -0.4 is 5.32 Å². The van der Waals surface area contributed by atoms with Crippen LogP contribution in [0.2, 0.25) is 0 Å². The van der Waals surface area contributed by atoms with Crippen LogP contribution in [0.4, 0.5) is 0 Å². The van der Waals surface area contributed by atoms with Gasteiger partial charge in [0.05, 0.1) is 0 Å². The van der Waals surface area contributed by atoms with Crippen LogP contribution in [0, 0.1) is 0 Å². The molecule has 1 saturated carbocycles. The lowest BCUT2D eigenvalue weighted by molar-refractivity contribution is 0.0945. The molecular formula is C10H11NO3. The van der Waals surface area contributed by atoms with E-state index in [0.29, 0.717) is 0 Å². The maximum Gasteiger partial charge on any atom is 0.259 e. The van der Waals surface area contributed by atoms with Crippen LogP contribution in [0.3, 0.4) is 0 Å². The molecule has 1 aromatic carbocycles. The summed E-state index contributed by atoms with van der Waals surface area (Å²) in [5.41, 5.74) is -0.0422. The zero-order valence-corrected chi connectivity index (χ0v) is 7.53. The third kappa shape index (κ3) is 1.64. The maximum atomic E-state index is 11.5. The molecule has 4 heteroatoms. The summed E-state index contributed by atoms with van der Waals surface area (Å²) in [7, 11) is 0. The van der Waals surface area contributed by atoms with E-state index in [9.17, 15) is 15.0 Å². The summed E-state index contributed by atoms with van der Waals surface area (Å²) >= 11 is 0. The predicted octanol–water partition coefficient (Wildman–Crippen LogP) is 0.990. The summed E-state index contributed by atoms with van der Waals surface area (Å²) in [4.78, 5) is 11.5. The summed E-state index contributed by atoms with van der Waals surface area (Å²) in [6, 6.07) is 4.45. The largest absolute Gasteiger partial charge is 0.507 e. The van der Waals surface area contributed by atoms with Gasteiger partial charge in [0.15, 0.2) is 0 Å². The molecule has 0 bridgehead atoms. The van der Waals surface area contributed by atoms with E-state index in [2.05, 4.69) is 5.32 Å². The third-order valence-corrected chi connectivity index (χ3v) is 2.16. The average Bonchev–Trinajstić information content (AvgIpc) is 2.87. The number of phenols is 2. The zero-order chi connectivity index (χ0) is 10.1. The van der Waals surface area contributed by atoms with Crippen molar-refractivity contribution in [3.05, 3.63) is 23.8 Å². The van der Waals surface area contributed by atoms with Crippen molar-refractivity contribution in [2.45, 2.75) is 18.9 Å². The first-order valence-electron chi connectivity index (χ1n) is 4.50. The zero-order valence-electron chi connectivity index (χ0n) is 7.53. The van der Waals surface area contributed by atoms with E-state index in [1.807, 2.05) is 0 Å². The quantitative estimate of drug-likeness (QED) is 0.656. The van der Waals surface area contributed by atoms with Crippen molar-refractivity contribution in [2.75, 3.05) is 0 Å². The molecule has 0 heterocycles.